The van der Waals surface area contributed by atoms with E-state index in [1.165, 1.54) is 11.8 Å². The summed E-state index contributed by atoms with van der Waals surface area (Å²) < 4.78 is 6.31. The number of carbonyl (C=O) groups excluding carboxylic acids is 1. The number of benzene rings is 1. The molecule has 8 nitrogen and oxygen atoms in total. The molecule has 134 valence electrons. The zero-order valence-corrected chi connectivity index (χ0v) is 15.0. The third kappa shape index (κ3) is 3.04. The molecule has 0 radical (unpaired) electrons. The molecular formula is C16H17BrN2O6. The van der Waals surface area contributed by atoms with E-state index in [0.29, 0.717) is 13.1 Å². The van der Waals surface area contributed by atoms with Crippen molar-refractivity contribution in [3.8, 4) is 0 Å². The first-order valence-corrected chi connectivity index (χ1v) is 8.47. The lowest BCUT2D eigenvalue weighted by Gasteiger charge is -2.27. The normalized spacial score (nSPS) is 25.0. The molecule has 25 heavy (non-hydrogen) atoms. The first kappa shape index (κ1) is 17.5. The third-order valence-corrected chi connectivity index (χ3v) is 5.49. The van der Waals surface area contributed by atoms with Crippen LogP contribution in [0.2, 0.25) is 0 Å². The second-order valence-electron chi connectivity index (χ2n) is 6.42. The zero-order chi connectivity index (χ0) is 18.4. The smallest absolute Gasteiger partial charge is 0.410 e. The van der Waals surface area contributed by atoms with Gasteiger partial charge in [-0.3, -0.25) is 9.80 Å². The van der Waals surface area contributed by atoms with Crippen molar-refractivity contribution in [2.24, 2.45) is 0 Å². The second-order valence-corrected chi connectivity index (χ2v) is 7.27. The molecule has 1 fully saturated rings. The molecule has 0 saturated carbocycles. The van der Waals surface area contributed by atoms with E-state index in [0.717, 1.165) is 20.5 Å². The van der Waals surface area contributed by atoms with Crippen molar-refractivity contribution in [1.82, 2.24) is 9.80 Å². The summed E-state index contributed by atoms with van der Waals surface area (Å²) in [5, 5.41) is 18.6. The van der Waals surface area contributed by atoms with Crippen molar-refractivity contribution < 1.29 is 29.3 Å². The maximum absolute atomic E-state index is 12.4. The van der Waals surface area contributed by atoms with Gasteiger partial charge < -0.3 is 14.9 Å². The number of amides is 2. The Bertz CT molecular complexity index is 754. The van der Waals surface area contributed by atoms with E-state index in [1.54, 1.807) is 0 Å². The molecule has 3 rings (SSSR count). The summed E-state index contributed by atoms with van der Waals surface area (Å²) in [4.78, 5) is 37.5. The Kier molecular flexibility index (Phi) is 4.36. The van der Waals surface area contributed by atoms with Crippen LogP contribution in [0.1, 0.15) is 24.5 Å². The van der Waals surface area contributed by atoms with Crippen molar-refractivity contribution in [2.45, 2.75) is 38.1 Å². The van der Waals surface area contributed by atoms with Gasteiger partial charge in [0.2, 0.25) is 0 Å². The van der Waals surface area contributed by atoms with Crippen LogP contribution < -0.4 is 0 Å². The van der Waals surface area contributed by atoms with Crippen LogP contribution >= 0.6 is 15.9 Å². The van der Waals surface area contributed by atoms with Gasteiger partial charge in [0.25, 0.3) is 0 Å². The van der Waals surface area contributed by atoms with Crippen LogP contribution in [0.3, 0.4) is 0 Å². The summed E-state index contributed by atoms with van der Waals surface area (Å²) in [6.45, 7) is 1.95. The van der Waals surface area contributed by atoms with Gasteiger partial charge in [-0.2, -0.15) is 0 Å². The molecule has 0 bridgehead atoms. The van der Waals surface area contributed by atoms with Crippen LogP contribution in [-0.4, -0.2) is 56.4 Å². The molecule has 2 atom stereocenters. The van der Waals surface area contributed by atoms with Gasteiger partial charge in [-0.05, 0) is 24.1 Å². The molecule has 1 aromatic carbocycles. The zero-order valence-electron chi connectivity index (χ0n) is 13.4. The van der Waals surface area contributed by atoms with Crippen LogP contribution in [-0.2, 0) is 22.6 Å². The van der Waals surface area contributed by atoms with Crippen LogP contribution in [0.5, 0.6) is 0 Å². The summed E-state index contributed by atoms with van der Waals surface area (Å²) in [5.41, 5.74) is 0.419. The number of rotatable bonds is 2. The lowest BCUT2D eigenvalue weighted by Crippen LogP contribution is -2.50. The molecule has 0 aromatic heterocycles. The van der Waals surface area contributed by atoms with Gasteiger partial charge in [0.15, 0.2) is 0 Å². The van der Waals surface area contributed by atoms with Gasteiger partial charge in [-0.1, -0.05) is 28.1 Å². The van der Waals surface area contributed by atoms with Crippen molar-refractivity contribution in [2.75, 3.05) is 6.54 Å². The van der Waals surface area contributed by atoms with Gasteiger partial charge in [0.1, 0.15) is 11.6 Å². The number of ether oxygens (including phenoxy) is 1. The van der Waals surface area contributed by atoms with Crippen LogP contribution in [0, 0.1) is 0 Å². The number of carbonyl (C=O) groups is 3. The van der Waals surface area contributed by atoms with Gasteiger partial charge >= 0.3 is 18.2 Å². The number of nitrogens with zero attached hydrogens (tertiary/aromatic N) is 2. The Hall–Kier alpha value is -2.29. The largest absolute Gasteiger partial charge is 0.480 e. The minimum atomic E-state index is -1.60. The summed E-state index contributed by atoms with van der Waals surface area (Å²) in [6, 6.07) is 5.71. The molecule has 0 unspecified atom stereocenters. The predicted octanol–water partition coefficient (Wildman–Crippen LogP) is 2.50. The Labute approximate surface area is 152 Å². The molecule has 2 aliphatic rings. The number of carboxylic acid groups (broad SMARTS) is 2. The maximum atomic E-state index is 12.4. The van der Waals surface area contributed by atoms with E-state index >= 15 is 0 Å². The lowest BCUT2D eigenvalue weighted by atomic mass is 9.99. The summed E-state index contributed by atoms with van der Waals surface area (Å²) >= 11 is 3.45. The van der Waals surface area contributed by atoms with E-state index in [9.17, 15) is 24.6 Å². The van der Waals surface area contributed by atoms with Gasteiger partial charge in [-0.25, -0.2) is 14.4 Å². The molecule has 2 N–H and O–H groups in total. The molecule has 2 amide bonds. The topological polar surface area (TPSA) is 107 Å². The van der Waals surface area contributed by atoms with E-state index < -0.39 is 29.8 Å². The monoisotopic (exact) mass is 412 g/mol. The number of hydrogen-bond donors (Lipinski definition) is 2. The van der Waals surface area contributed by atoms with Crippen LogP contribution in [0.15, 0.2) is 22.7 Å². The summed E-state index contributed by atoms with van der Waals surface area (Å²) in [7, 11) is 0. The number of likely N-dealkylation sites (tertiary alicyclic amines) is 1. The van der Waals surface area contributed by atoms with Crippen LogP contribution in [0.25, 0.3) is 0 Å². The Balaban J connectivity index is 1.68. The van der Waals surface area contributed by atoms with Crippen molar-refractivity contribution in [3.05, 3.63) is 33.8 Å². The van der Waals surface area contributed by atoms with E-state index in [-0.39, 0.29) is 13.0 Å². The summed E-state index contributed by atoms with van der Waals surface area (Å²) in [6.07, 6.45) is -2.80. The highest BCUT2D eigenvalue weighted by molar-refractivity contribution is 9.10. The standard InChI is InChI=1S/C16H17BrN2O6/c1-16(13(20)21)5-10(7-19(16)14(22)23)25-15(24)18-6-9-3-2-4-12(17)11(9)8-18/h2-4,10H,5-8H2,1H3,(H,20,21)(H,22,23)/t10-,16+/m1/s1. The molecule has 9 heteroatoms. The molecule has 0 spiro atoms. The Morgan fingerprint density at radius 3 is 2.56 bits per heavy atom. The fourth-order valence-electron chi connectivity index (χ4n) is 3.32. The maximum Gasteiger partial charge on any atom is 0.410 e. The molecule has 2 heterocycles. The predicted molar refractivity (Wildman–Crippen MR) is 89.0 cm³/mol. The SMILES string of the molecule is C[C@@]1(C(=O)O)C[C@@H](OC(=O)N2Cc3cccc(Br)c3C2)CN1C(=O)O. The molecule has 1 aromatic rings. The van der Waals surface area contributed by atoms with E-state index in [1.807, 2.05) is 18.2 Å². The first-order valence-electron chi connectivity index (χ1n) is 7.68. The molecule has 0 aliphatic carbocycles. The third-order valence-electron chi connectivity index (χ3n) is 4.75. The fourth-order valence-corrected chi connectivity index (χ4v) is 3.85. The van der Waals surface area contributed by atoms with Crippen molar-refractivity contribution >= 4 is 34.1 Å². The van der Waals surface area contributed by atoms with Gasteiger partial charge in [0.05, 0.1) is 13.1 Å². The quantitative estimate of drug-likeness (QED) is 0.772. The molecule has 1 saturated heterocycles. The average molecular weight is 413 g/mol. The van der Waals surface area contributed by atoms with Crippen molar-refractivity contribution in [3.63, 3.8) is 0 Å². The fraction of sp³-hybridized carbons (Fsp3) is 0.438. The van der Waals surface area contributed by atoms with Gasteiger partial charge in [0, 0.05) is 17.4 Å². The van der Waals surface area contributed by atoms with Crippen LogP contribution in [0.4, 0.5) is 9.59 Å². The molecular weight excluding hydrogens is 396 g/mol. The number of halogens is 1. The van der Waals surface area contributed by atoms with E-state index in [2.05, 4.69) is 15.9 Å². The Morgan fingerprint density at radius 1 is 1.28 bits per heavy atom. The second kappa shape index (κ2) is 6.21. The first-order chi connectivity index (χ1) is 11.7. The van der Waals surface area contributed by atoms with E-state index in [4.69, 9.17) is 4.74 Å². The number of aliphatic carboxylic acids is 1. The molecule has 2 aliphatic heterocycles. The number of hydrogen-bond acceptors (Lipinski definition) is 4. The minimum Gasteiger partial charge on any atom is -0.480 e. The lowest BCUT2D eigenvalue weighted by molar-refractivity contribution is -0.147. The summed E-state index contributed by atoms with van der Waals surface area (Å²) in [5.74, 6) is -1.26. The van der Waals surface area contributed by atoms with Crippen molar-refractivity contribution in [1.29, 1.82) is 0 Å². The highest BCUT2D eigenvalue weighted by atomic mass is 79.9. The number of fused-ring (bicyclic) bond motifs is 1. The average Bonchev–Trinajstić information content (AvgIpc) is 3.10. The highest BCUT2D eigenvalue weighted by Gasteiger charge is 2.52. The number of carboxylic acids is 1. The van der Waals surface area contributed by atoms with Gasteiger partial charge in [-0.15, -0.1) is 0 Å². The minimum absolute atomic E-state index is 0.0785. The Morgan fingerprint density at radius 2 is 2.00 bits per heavy atom. The highest BCUT2D eigenvalue weighted by Crippen LogP contribution is 2.33.